The summed E-state index contributed by atoms with van der Waals surface area (Å²) in [5.74, 6) is -0.435. The largest absolute Gasteiger partial charge is 0.370 e. The summed E-state index contributed by atoms with van der Waals surface area (Å²) in [6, 6.07) is 6.91. The van der Waals surface area contributed by atoms with Crippen LogP contribution in [-0.4, -0.2) is 27.4 Å². The Bertz CT molecular complexity index is 573. The van der Waals surface area contributed by atoms with E-state index in [1.807, 2.05) is 19.9 Å². The van der Waals surface area contributed by atoms with Gasteiger partial charge in [-0.25, -0.2) is 13.1 Å². The van der Waals surface area contributed by atoms with Crippen molar-refractivity contribution >= 4 is 15.9 Å². The van der Waals surface area contributed by atoms with Crippen molar-refractivity contribution in [3.05, 3.63) is 29.8 Å². The molecule has 0 fully saturated rings. The number of nitrogens with one attached hydrogen (secondary N) is 2. The molecule has 21 heavy (non-hydrogen) atoms. The van der Waals surface area contributed by atoms with Crippen LogP contribution in [0.1, 0.15) is 38.3 Å². The molecule has 0 radical (unpaired) electrons. The molecule has 1 unspecified atom stereocenters. The molecule has 6 nitrogen and oxygen atoms in total. The first-order valence-corrected chi connectivity index (χ1v) is 8.46. The average molecular weight is 313 g/mol. The van der Waals surface area contributed by atoms with Crippen LogP contribution in [0.3, 0.4) is 0 Å². The Morgan fingerprint density at radius 3 is 2.71 bits per heavy atom. The molecule has 0 saturated heterocycles. The van der Waals surface area contributed by atoms with Gasteiger partial charge in [0.25, 0.3) is 0 Å². The van der Waals surface area contributed by atoms with Crippen molar-refractivity contribution in [3.63, 3.8) is 0 Å². The lowest BCUT2D eigenvalue weighted by molar-refractivity contribution is -0.118. The minimum atomic E-state index is -3.56. The fraction of sp³-hybridized carbons (Fsp3) is 0.500. The van der Waals surface area contributed by atoms with Crippen molar-refractivity contribution in [3.8, 4) is 0 Å². The first-order valence-electron chi connectivity index (χ1n) is 6.98. The van der Waals surface area contributed by atoms with Crippen LogP contribution >= 0.6 is 0 Å². The summed E-state index contributed by atoms with van der Waals surface area (Å²) in [6.07, 6.45) is 0.558. The number of amides is 1. The van der Waals surface area contributed by atoms with E-state index in [0.717, 1.165) is 12.1 Å². The van der Waals surface area contributed by atoms with Gasteiger partial charge in [0.15, 0.2) is 0 Å². The molecule has 0 aliphatic heterocycles. The number of carbonyl (C=O) groups is 1. The summed E-state index contributed by atoms with van der Waals surface area (Å²) < 4.78 is 26.8. The molecule has 0 spiro atoms. The SMILES string of the molecule is CCNC(C)c1cccc(S(=O)(=O)NCCCC(N)=O)c1. The zero-order chi connectivity index (χ0) is 15.9. The third kappa shape index (κ3) is 5.82. The number of hydrogen-bond acceptors (Lipinski definition) is 4. The van der Waals surface area contributed by atoms with E-state index in [4.69, 9.17) is 5.73 Å². The number of hydrogen-bond donors (Lipinski definition) is 3. The van der Waals surface area contributed by atoms with Crippen LogP contribution < -0.4 is 15.8 Å². The van der Waals surface area contributed by atoms with Gasteiger partial charge in [-0.3, -0.25) is 4.79 Å². The van der Waals surface area contributed by atoms with E-state index < -0.39 is 15.9 Å². The lowest BCUT2D eigenvalue weighted by atomic mass is 10.1. The van der Waals surface area contributed by atoms with Crippen LogP contribution in [0.25, 0.3) is 0 Å². The Labute approximate surface area is 126 Å². The van der Waals surface area contributed by atoms with Gasteiger partial charge in [0.2, 0.25) is 15.9 Å². The Balaban J connectivity index is 2.74. The molecular weight excluding hydrogens is 290 g/mol. The van der Waals surface area contributed by atoms with Crippen molar-refractivity contribution in [1.82, 2.24) is 10.0 Å². The molecule has 0 aliphatic carbocycles. The quantitative estimate of drug-likeness (QED) is 0.590. The molecule has 0 aromatic heterocycles. The van der Waals surface area contributed by atoms with Gasteiger partial charge in [0.1, 0.15) is 0 Å². The van der Waals surface area contributed by atoms with Crippen LogP contribution in [0, 0.1) is 0 Å². The number of benzene rings is 1. The van der Waals surface area contributed by atoms with E-state index in [-0.39, 0.29) is 23.9 Å². The van der Waals surface area contributed by atoms with Gasteiger partial charge in [-0.05, 0) is 37.6 Å². The fourth-order valence-corrected chi connectivity index (χ4v) is 3.06. The van der Waals surface area contributed by atoms with E-state index in [1.165, 1.54) is 0 Å². The molecule has 0 heterocycles. The molecule has 7 heteroatoms. The van der Waals surface area contributed by atoms with Gasteiger partial charge >= 0.3 is 0 Å². The predicted molar refractivity (Wildman–Crippen MR) is 82.2 cm³/mol. The summed E-state index contributed by atoms with van der Waals surface area (Å²) in [5.41, 5.74) is 5.93. The van der Waals surface area contributed by atoms with Crippen LogP contribution in [0.2, 0.25) is 0 Å². The molecule has 0 aliphatic rings. The second-order valence-corrected chi connectivity index (χ2v) is 6.59. The van der Waals surface area contributed by atoms with Gasteiger partial charge in [-0.15, -0.1) is 0 Å². The van der Waals surface area contributed by atoms with Crippen LogP contribution in [0.4, 0.5) is 0 Å². The normalized spacial score (nSPS) is 13.0. The maximum absolute atomic E-state index is 12.2. The van der Waals surface area contributed by atoms with E-state index in [1.54, 1.807) is 18.2 Å². The van der Waals surface area contributed by atoms with E-state index in [0.29, 0.717) is 6.42 Å². The first kappa shape index (κ1) is 17.6. The second-order valence-electron chi connectivity index (χ2n) is 4.82. The Morgan fingerprint density at radius 1 is 1.38 bits per heavy atom. The number of sulfonamides is 1. The number of primary amides is 1. The molecule has 0 saturated carbocycles. The lowest BCUT2D eigenvalue weighted by Gasteiger charge is -2.14. The number of rotatable bonds is 9. The summed E-state index contributed by atoms with van der Waals surface area (Å²) in [4.78, 5) is 10.8. The monoisotopic (exact) mass is 313 g/mol. The molecule has 118 valence electrons. The van der Waals surface area contributed by atoms with E-state index >= 15 is 0 Å². The van der Waals surface area contributed by atoms with Crippen molar-refractivity contribution < 1.29 is 13.2 Å². The number of carbonyl (C=O) groups excluding carboxylic acids is 1. The van der Waals surface area contributed by atoms with Gasteiger partial charge in [0, 0.05) is 19.0 Å². The molecule has 1 aromatic carbocycles. The topological polar surface area (TPSA) is 101 Å². The highest BCUT2D eigenvalue weighted by Crippen LogP contribution is 2.17. The maximum atomic E-state index is 12.2. The highest BCUT2D eigenvalue weighted by molar-refractivity contribution is 7.89. The molecule has 1 amide bonds. The summed E-state index contributed by atoms with van der Waals surface area (Å²) in [6.45, 7) is 4.98. The smallest absolute Gasteiger partial charge is 0.240 e. The highest BCUT2D eigenvalue weighted by Gasteiger charge is 2.15. The molecular formula is C14H23N3O3S. The van der Waals surface area contributed by atoms with Gasteiger partial charge in [-0.1, -0.05) is 19.1 Å². The molecule has 1 atom stereocenters. The Hall–Kier alpha value is -1.44. The Morgan fingerprint density at radius 2 is 2.10 bits per heavy atom. The average Bonchev–Trinajstić information content (AvgIpc) is 2.44. The van der Waals surface area contributed by atoms with Crippen molar-refractivity contribution in [1.29, 1.82) is 0 Å². The zero-order valence-electron chi connectivity index (χ0n) is 12.4. The first-order chi connectivity index (χ1) is 9.86. The fourth-order valence-electron chi connectivity index (χ4n) is 1.93. The van der Waals surface area contributed by atoms with Crippen molar-refractivity contribution in [2.24, 2.45) is 5.73 Å². The van der Waals surface area contributed by atoms with Gasteiger partial charge in [0.05, 0.1) is 4.90 Å². The van der Waals surface area contributed by atoms with Crippen LogP contribution in [0.5, 0.6) is 0 Å². The maximum Gasteiger partial charge on any atom is 0.240 e. The molecule has 4 N–H and O–H groups in total. The molecule has 1 aromatic rings. The minimum Gasteiger partial charge on any atom is -0.370 e. The third-order valence-electron chi connectivity index (χ3n) is 3.07. The highest BCUT2D eigenvalue weighted by atomic mass is 32.2. The Kier molecular flexibility index (Phi) is 6.80. The number of nitrogens with two attached hydrogens (primary N) is 1. The third-order valence-corrected chi connectivity index (χ3v) is 4.53. The van der Waals surface area contributed by atoms with E-state index in [9.17, 15) is 13.2 Å². The van der Waals surface area contributed by atoms with Crippen LogP contribution in [0.15, 0.2) is 29.2 Å². The summed E-state index contributed by atoms with van der Waals surface area (Å²) in [5, 5.41) is 3.24. The predicted octanol–water partition coefficient (Wildman–Crippen LogP) is 0.901. The summed E-state index contributed by atoms with van der Waals surface area (Å²) in [7, 11) is -3.56. The zero-order valence-corrected chi connectivity index (χ0v) is 13.2. The van der Waals surface area contributed by atoms with E-state index in [2.05, 4.69) is 10.0 Å². The molecule has 1 rings (SSSR count). The van der Waals surface area contributed by atoms with Crippen molar-refractivity contribution in [2.75, 3.05) is 13.1 Å². The van der Waals surface area contributed by atoms with Gasteiger partial charge < -0.3 is 11.1 Å². The van der Waals surface area contributed by atoms with Crippen molar-refractivity contribution in [2.45, 2.75) is 37.6 Å². The summed E-state index contributed by atoms with van der Waals surface area (Å²) >= 11 is 0. The van der Waals surface area contributed by atoms with Crippen LogP contribution in [-0.2, 0) is 14.8 Å². The standard InChI is InChI=1S/C14H23N3O3S/c1-3-16-11(2)12-6-4-7-13(10-12)21(19,20)17-9-5-8-14(15)18/h4,6-7,10-11,16-17H,3,5,8-9H2,1-2H3,(H2,15,18). The lowest BCUT2D eigenvalue weighted by Crippen LogP contribution is -2.26. The van der Waals surface area contributed by atoms with Gasteiger partial charge in [-0.2, -0.15) is 0 Å². The minimum absolute atomic E-state index is 0.0833. The second kappa shape index (κ2) is 8.11. The molecule has 0 bridgehead atoms.